The van der Waals surface area contributed by atoms with Crippen LogP contribution in [0.3, 0.4) is 0 Å². The molecule has 1 atom stereocenters. The van der Waals surface area contributed by atoms with Crippen LogP contribution in [0.1, 0.15) is 17.4 Å². The van der Waals surface area contributed by atoms with E-state index in [1.54, 1.807) is 24.5 Å². The molecule has 35 heavy (non-hydrogen) atoms. The zero-order chi connectivity index (χ0) is 24.4. The molecule has 8 heteroatoms. The van der Waals surface area contributed by atoms with E-state index >= 15 is 0 Å². The van der Waals surface area contributed by atoms with E-state index in [9.17, 15) is 9.59 Å². The third-order valence-corrected chi connectivity index (χ3v) is 6.75. The third kappa shape index (κ3) is 4.79. The highest BCUT2D eigenvalue weighted by atomic mass is 32.1. The Balaban J connectivity index is 1.42. The predicted molar refractivity (Wildman–Crippen MR) is 136 cm³/mol. The van der Waals surface area contributed by atoms with Crippen LogP contribution in [0.4, 0.5) is 5.69 Å². The van der Waals surface area contributed by atoms with Crippen molar-refractivity contribution >= 4 is 28.8 Å². The molecule has 2 aromatic carbocycles. The number of nitrogens with one attached hydrogen (secondary N) is 1. The van der Waals surface area contributed by atoms with Gasteiger partial charge >= 0.3 is 0 Å². The molecule has 5 rings (SSSR count). The second kappa shape index (κ2) is 9.68. The zero-order valence-electron chi connectivity index (χ0n) is 19.4. The van der Waals surface area contributed by atoms with Crippen molar-refractivity contribution in [2.24, 2.45) is 0 Å². The van der Waals surface area contributed by atoms with E-state index in [0.717, 1.165) is 32.4 Å². The maximum absolute atomic E-state index is 13.0. The Morgan fingerprint density at radius 1 is 1.11 bits per heavy atom. The first-order valence-electron chi connectivity index (χ1n) is 11.3. The van der Waals surface area contributed by atoms with Crippen LogP contribution < -0.4 is 15.0 Å². The molecule has 0 saturated carbocycles. The summed E-state index contributed by atoms with van der Waals surface area (Å²) in [4.78, 5) is 37.5. The number of ether oxygens (including phenoxy) is 1. The monoisotopic (exact) mass is 484 g/mol. The molecule has 1 aliphatic heterocycles. The van der Waals surface area contributed by atoms with Gasteiger partial charge in [-0.05, 0) is 49.7 Å². The highest BCUT2D eigenvalue weighted by Gasteiger charge is 2.33. The summed E-state index contributed by atoms with van der Waals surface area (Å²) in [5.41, 5.74) is 4.03. The van der Waals surface area contributed by atoms with Gasteiger partial charge < -0.3 is 10.1 Å². The van der Waals surface area contributed by atoms with Crippen molar-refractivity contribution in [1.29, 1.82) is 0 Å². The Bertz CT molecular complexity index is 1370. The smallest absolute Gasteiger partial charge is 0.268 e. The summed E-state index contributed by atoms with van der Waals surface area (Å²) in [5, 5.41) is 3.73. The quantitative estimate of drug-likeness (QED) is 0.432. The Kier molecular flexibility index (Phi) is 6.29. The number of aromatic nitrogens is 2. The van der Waals surface area contributed by atoms with Crippen LogP contribution in [0.2, 0.25) is 0 Å². The minimum atomic E-state index is -0.674. The minimum absolute atomic E-state index is 0.0922. The van der Waals surface area contributed by atoms with Crippen LogP contribution >= 0.6 is 11.3 Å². The minimum Gasteiger partial charge on any atom is -0.479 e. The predicted octanol–water partition coefficient (Wildman–Crippen LogP) is 4.61. The van der Waals surface area contributed by atoms with Gasteiger partial charge in [0.25, 0.3) is 5.91 Å². The van der Waals surface area contributed by atoms with Gasteiger partial charge in [-0.1, -0.05) is 36.4 Å². The topological polar surface area (TPSA) is 84.4 Å². The Morgan fingerprint density at radius 3 is 2.69 bits per heavy atom. The lowest BCUT2D eigenvalue weighted by Gasteiger charge is -2.33. The molecule has 1 N–H and O–H groups in total. The van der Waals surface area contributed by atoms with E-state index in [2.05, 4.69) is 10.3 Å². The van der Waals surface area contributed by atoms with Gasteiger partial charge in [0.2, 0.25) is 5.91 Å². The number of hydrogen-bond acceptors (Lipinski definition) is 6. The molecule has 1 aliphatic rings. The summed E-state index contributed by atoms with van der Waals surface area (Å²) in [6.07, 6.45) is 1.07. The number of anilines is 1. The van der Waals surface area contributed by atoms with E-state index in [1.165, 1.54) is 4.90 Å². The van der Waals surface area contributed by atoms with Crippen LogP contribution in [0.5, 0.6) is 5.75 Å². The SMILES string of the molecule is Cc1sc(-c2ccccn2)nc1-c1ccc2c(c1)N(CC(=O)NCc1ccccc1)C(=O)C(C)O2. The number of carbonyl (C=O) groups excluding carboxylic acids is 2. The highest BCUT2D eigenvalue weighted by Crippen LogP contribution is 2.39. The number of rotatable bonds is 6. The lowest BCUT2D eigenvalue weighted by atomic mass is 10.1. The molecule has 0 bridgehead atoms. The fourth-order valence-corrected chi connectivity index (χ4v) is 4.89. The van der Waals surface area contributed by atoms with Crippen molar-refractivity contribution in [3.05, 3.63) is 83.4 Å². The molecule has 3 heterocycles. The number of carbonyl (C=O) groups is 2. The van der Waals surface area contributed by atoms with Gasteiger partial charge in [0.05, 0.1) is 17.1 Å². The number of amides is 2. The first kappa shape index (κ1) is 22.7. The van der Waals surface area contributed by atoms with E-state index in [-0.39, 0.29) is 18.4 Å². The Hall–Kier alpha value is -4.04. The lowest BCUT2D eigenvalue weighted by Crippen LogP contribution is -2.48. The Labute approximate surface area is 207 Å². The normalized spacial score (nSPS) is 14.9. The highest BCUT2D eigenvalue weighted by molar-refractivity contribution is 7.15. The Morgan fingerprint density at radius 2 is 1.91 bits per heavy atom. The fourth-order valence-electron chi connectivity index (χ4n) is 3.98. The van der Waals surface area contributed by atoms with Crippen LogP contribution in [0.25, 0.3) is 22.0 Å². The van der Waals surface area contributed by atoms with Gasteiger partial charge in [-0.15, -0.1) is 11.3 Å². The van der Waals surface area contributed by atoms with Crippen LogP contribution in [-0.2, 0) is 16.1 Å². The molecule has 0 radical (unpaired) electrons. The molecule has 0 saturated heterocycles. The average molecular weight is 485 g/mol. The van der Waals surface area contributed by atoms with Crippen molar-refractivity contribution in [2.45, 2.75) is 26.5 Å². The number of benzene rings is 2. The van der Waals surface area contributed by atoms with E-state index < -0.39 is 6.10 Å². The number of pyridine rings is 1. The van der Waals surface area contributed by atoms with Gasteiger partial charge in [0.15, 0.2) is 6.10 Å². The maximum Gasteiger partial charge on any atom is 0.268 e. The number of fused-ring (bicyclic) bond motifs is 1. The zero-order valence-corrected chi connectivity index (χ0v) is 20.2. The molecular formula is C27H24N4O3S. The van der Waals surface area contributed by atoms with Gasteiger partial charge in [-0.3, -0.25) is 19.5 Å². The van der Waals surface area contributed by atoms with E-state index in [0.29, 0.717) is 18.0 Å². The van der Waals surface area contributed by atoms with Crippen molar-refractivity contribution in [3.8, 4) is 27.7 Å². The molecule has 176 valence electrons. The van der Waals surface area contributed by atoms with Crippen molar-refractivity contribution < 1.29 is 14.3 Å². The maximum atomic E-state index is 13.0. The second-order valence-electron chi connectivity index (χ2n) is 8.27. The van der Waals surface area contributed by atoms with Gasteiger partial charge in [0.1, 0.15) is 17.3 Å². The number of thiazole rings is 1. The molecule has 0 spiro atoms. The molecular weight excluding hydrogens is 460 g/mol. The van der Waals surface area contributed by atoms with Crippen molar-refractivity contribution in [2.75, 3.05) is 11.4 Å². The molecule has 0 fully saturated rings. The first-order valence-corrected chi connectivity index (χ1v) is 12.1. The third-order valence-electron chi connectivity index (χ3n) is 5.76. The molecule has 1 unspecified atom stereocenters. The standard InChI is InChI=1S/C27H24N4O3S/c1-17-27(33)31(16-24(32)29-15-19-8-4-3-5-9-19)22-14-20(11-12-23(22)34-17)25-18(2)35-26(30-25)21-10-6-7-13-28-21/h3-14,17H,15-16H2,1-2H3,(H,29,32). The summed E-state index contributed by atoms with van der Waals surface area (Å²) < 4.78 is 5.83. The van der Waals surface area contributed by atoms with Crippen molar-refractivity contribution in [3.63, 3.8) is 0 Å². The van der Waals surface area contributed by atoms with Crippen molar-refractivity contribution in [1.82, 2.24) is 15.3 Å². The number of nitrogens with zero attached hydrogens (tertiary/aromatic N) is 3. The molecule has 4 aromatic rings. The average Bonchev–Trinajstić information content (AvgIpc) is 3.28. The van der Waals surface area contributed by atoms with Gasteiger partial charge in [-0.25, -0.2) is 4.98 Å². The summed E-state index contributed by atoms with van der Waals surface area (Å²) in [6, 6.07) is 21.0. The summed E-state index contributed by atoms with van der Waals surface area (Å²) in [6.45, 7) is 4.01. The van der Waals surface area contributed by atoms with Gasteiger partial charge in [0, 0.05) is 23.2 Å². The summed E-state index contributed by atoms with van der Waals surface area (Å²) >= 11 is 1.57. The molecule has 0 aliphatic carbocycles. The van der Waals surface area contributed by atoms with Gasteiger partial charge in [-0.2, -0.15) is 0 Å². The molecule has 2 aromatic heterocycles. The lowest BCUT2D eigenvalue weighted by molar-refractivity contribution is -0.128. The number of aryl methyl sites for hydroxylation is 1. The second-order valence-corrected chi connectivity index (χ2v) is 9.47. The van der Waals surface area contributed by atoms with Crippen LogP contribution in [-0.4, -0.2) is 34.4 Å². The van der Waals surface area contributed by atoms with Crippen LogP contribution in [0, 0.1) is 6.92 Å². The fraction of sp³-hybridized carbons (Fsp3) is 0.185. The first-order chi connectivity index (χ1) is 17.0. The molecule has 7 nitrogen and oxygen atoms in total. The summed E-state index contributed by atoms with van der Waals surface area (Å²) in [5.74, 6) is 0.0677. The van der Waals surface area contributed by atoms with Crippen LogP contribution in [0.15, 0.2) is 72.9 Å². The largest absolute Gasteiger partial charge is 0.479 e. The summed E-state index contributed by atoms with van der Waals surface area (Å²) in [7, 11) is 0. The van der Waals surface area contributed by atoms with E-state index in [1.807, 2.05) is 73.7 Å². The number of hydrogen-bond donors (Lipinski definition) is 1. The molecule has 2 amide bonds. The van der Waals surface area contributed by atoms with E-state index in [4.69, 9.17) is 9.72 Å².